The van der Waals surface area contributed by atoms with Crippen molar-refractivity contribution in [2.24, 2.45) is 0 Å². The van der Waals surface area contributed by atoms with Crippen molar-refractivity contribution in [3.8, 4) is 0 Å². The fourth-order valence-electron chi connectivity index (χ4n) is 9.35. The molecule has 1 unspecified atom stereocenters. The van der Waals surface area contributed by atoms with Gasteiger partial charge in [-0.15, -0.1) is 0 Å². The summed E-state index contributed by atoms with van der Waals surface area (Å²) in [5.74, 6) is -0.971. The summed E-state index contributed by atoms with van der Waals surface area (Å²) in [6.45, 7) is 6.38. The van der Waals surface area contributed by atoms with Crippen LogP contribution in [-0.4, -0.2) is 37.2 Å². The number of carbonyl (C=O) groups is 3. The normalized spacial score (nSPS) is 12.8. The molecule has 6 nitrogen and oxygen atoms in total. The van der Waals surface area contributed by atoms with Gasteiger partial charge in [0.15, 0.2) is 6.10 Å². The highest BCUT2D eigenvalue weighted by Crippen LogP contribution is 2.17. The molecule has 0 aliphatic carbocycles. The van der Waals surface area contributed by atoms with Crippen LogP contribution in [0.1, 0.15) is 316 Å². The molecule has 0 aromatic rings. The Balaban J connectivity index is 4.35. The van der Waals surface area contributed by atoms with Crippen LogP contribution in [0.15, 0.2) is 109 Å². The van der Waals surface area contributed by atoms with Crippen molar-refractivity contribution in [3.63, 3.8) is 0 Å². The van der Waals surface area contributed by atoms with Crippen LogP contribution in [0.5, 0.6) is 0 Å². The van der Waals surface area contributed by atoms with Gasteiger partial charge in [0.1, 0.15) is 13.2 Å². The Hall–Kier alpha value is -3.93. The average Bonchev–Trinajstić information content (AvgIpc) is 3.45. The molecular weight excluding hydrogens is 973 g/mol. The molecule has 0 spiro atoms. The number of carbonyl (C=O) groups excluding carboxylic acids is 3. The van der Waals surface area contributed by atoms with E-state index in [1.807, 2.05) is 0 Å². The molecule has 0 heterocycles. The van der Waals surface area contributed by atoms with Gasteiger partial charge in [-0.05, 0) is 103 Å². The number of hydrogen-bond donors (Lipinski definition) is 0. The van der Waals surface area contributed by atoms with E-state index < -0.39 is 6.10 Å². The summed E-state index contributed by atoms with van der Waals surface area (Å²) in [4.78, 5) is 38.3. The number of allylic oxidation sites excluding steroid dienone is 18. The maximum atomic E-state index is 12.9. The second kappa shape index (κ2) is 66.6. The van der Waals surface area contributed by atoms with E-state index in [-0.39, 0.29) is 37.5 Å². The predicted octanol–water partition coefficient (Wildman–Crippen LogP) is 23.0. The third-order valence-corrected chi connectivity index (χ3v) is 14.3. The minimum absolute atomic E-state index is 0.104. The minimum Gasteiger partial charge on any atom is -0.462 e. The molecule has 1 atom stereocenters. The number of esters is 3. The lowest BCUT2D eigenvalue weighted by Gasteiger charge is -2.18. The van der Waals surface area contributed by atoms with Crippen molar-refractivity contribution in [1.29, 1.82) is 0 Å². The summed E-state index contributed by atoms with van der Waals surface area (Å²) >= 11 is 0. The first-order chi connectivity index (χ1) is 39.0. The molecule has 0 aliphatic heterocycles. The van der Waals surface area contributed by atoms with E-state index in [0.29, 0.717) is 12.8 Å². The summed E-state index contributed by atoms with van der Waals surface area (Å²) in [6.07, 6.45) is 91.2. The zero-order valence-electron chi connectivity index (χ0n) is 51.9. The molecule has 0 aliphatic rings. The van der Waals surface area contributed by atoms with E-state index in [1.165, 1.54) is 154 Å². The number of ether oxygens (including phenoxy) is 3. The molecule has 0 saturated heterocycles. The van der Waals surface area contributed by atoms with E-state index in [9.17, 15) is 14.4 Å². The Bertz CT molecular complexity index is 1590. The lowest BCUT2D eigenvalue weighted by Crippen LogP contribution is -2.30. The molecule has 0 radical (unpaired) electrons. The van der Waals surface area contributed by atoms with E-state index in [1.54, 1.807) is 0 Å². The molecule has 0 aromatic heterocycles. The molecule has 452 valence electrons. The molecule has 0 amide bonds. The Morgan fingerprint density at radius 2 is 0.494 bits per heavy atom. The van der Waals surface area contributed by atoms with Crippen molar-refractivity contribution in [2.45, 2.75) is 322 Å². The van der Waals surface area contributed by atoms with Gasteiger partial charge in [0, 0.05) is 19.3 Å². The number of rotatable bonds is 60. The van der Waals surface area contributed by atoms with Gasteiger partial charge in [0.05, 0.1) is 0 Å². The lowest BCUT2D eigenvalue weighted by atomic mass is 10.0. The number of unbranched alkanes of at least 4 members (excludes halogenated alkanes) is 31. The lowest BCUT2D eigenvalue weighted by molar-refractivity contribution is -0.167. The van der Waals surface area contributed by atoms with Gasteiger partial charge in [0.2, 0.25) is 0 Å². The number of hydrogen-bond acceptors (Lipinski definition) is 6. The van der Waals surface area contributed by atoms with Crippen LogP contribution in [0.25, 0.3) is 0 Å². The predicted molar refractivity (Wildman–Crippen MR) is 343 cm³/mol. The Morgan fingerprint density at radius 3 is 0.797 bits per heavy atom. The molecule has 0 fully saturated rings. The highest BCUT2D eigenvalue weighted by molar-refractivity contribution is 5.71. The van der Waals surface area contributed by atoms with Crippen LogP contribution in [0.4, 0.5) is 0 Å². The summed E-state index contributed by atoms with van der Waals surface area (Å²) in [7, 11) is 0. The maximum absolute atomic E-state index is 12.9. The topological polar surface area (TPSA) is 78.9 Å². The van der Waals surface area contributed by atoms with E-state index in [2.05, 4.69) is 130 Å². The third-order valence-electron chi connectivity index (χ3n) is 14.3. The summed E-state index contributed by atoms with van der Waals surface area (Å²) in [6, 6.07) is 0. The second-order valence-corrected chi connectivity index (χ2v) is 22.0. The van der Waals surface area contributed by atoms with Crippen molar-refractivity contribution < 1.29 is 28.6 Å². The van der Waals surface area contributed by atoms with Crippen LogP contribution < -0.4 is 0 Å². The molecule has 0 aromatic carbocycles. The summed E-state index contributed by atoms with van der Waals surface area (Å²) in [5, 5.41) is 0. The minimum atomic E-state index is -0.815. The first-order valence-electron chi connectivity index (χ1n) is 33.4. The van der Waals surface area contributed by atoms with E-state index >= 15 is 0 Å². The largest absolute Gasteiger partial charge is 0.462 e. The van der Waals surface area contributed by atoms with Crippen LogP contribution in [0.3, 0.4) is 0 Å². The average molecular weight is 1100 g/mol. The molecule has 0 rings (SSSR count). The highest BCUT2D eigenvalue weighted by Gasteiger charge is 2.19. The molecular formula is C73H124O6. The Kier molecular flexibility index (Phi) is 63.3. The van der Waals surface area contributed by atoms with Gasteiger partial charge in [-0.3, -0.25) is 14.4 Å². The van der Waals surface area contributed by atoms with Gasteiger partial charge in [-0.25, -0.2) is 0 Å². The maximum Gasteiger partial charge on any atom is 0.306 e. The Labute approximate surface area is 489 Å². The fraction of sp³-hybridized carbons (Fsp3) is 0.712. The van der Waals surface area contributed by atoms with Gasteiger partial charge in [0.25, 0.3) is 0 Å². The first-order valence-corrected chi connectivity index (χ1v) is 33.4. The van der Waals surface area contributed by atoms with Gasteiger partial charge >= 0.3 is 17.9 Å². The zero-order valence-corrected chi connectivity index (χ0v) is 51.9. The molecule has 0 bridgehead atoms. The third kappa shape index (κ3) is 64.8. The van der Waals surface area contributed by atoms with Crippen molar-refractivity contribution in [3.05, 3.63) is 109 Å². The van der Waals surface area contributed by atoms with Crippen molar-refractivity contribution in [2.75, 3.05) is 13.2 Å². The fourth-order valence-corrected chi connectivity index (χ4v) is 9.35. The van der Waals surface area contributed by atoms with E-state index in [4.69, 9.17) is 14.2 Å². The van der Waals surface area contributed by atoms with Gasteiger partial charge in [-0.1, -0.05) is 304 Å². The van der Waals surface area contributed by atoms with Crippen molar-refractivity contribution >= 4 is 17.9 Å². The monoisotopic (exact) mass is 1100 g/mol. The standard InChI is InChI=1S/C73H124O6/c1-4-7-10-13-16-19-22-25-28-30-32-33-34-35-36-37-38-39-41-42-45-48-51-54-57-60-63-66-72(75)78-69-70(68-77-71(74)65-62-59-56-53-50-47-44-27-24-21-18-15-12-9-6-3)79-73(76)67-64-61-58-55-52-49-46-43-40-31-29-26-23-20-17-14-11-8-5-2/h8-9,11-12,17-18,20-21,26-27,29,40,43-44,49-50,52-53,70H,4-7,10,13-16,19,22-25,28,30-39,41-42,45-48,51,54-69H2,1-3H3/b11-8-,12-9-,20-17-,21-18-,29-26-,43-40-,44-27-,52-49-,53-50-. The zero-order chi connectivity index (χ0) is 57.1. The van der Waals surface area contributed by atoms with E-state index in [0.717, 1.165) is 122 Å². The quantitative estimate of drug-likeness (QED) is 0.0261. The molecule has 0 saturated carbocycles. The van der Waals surface area contributed by atoms with Crippen LogP contribution in [0, 0.1) is 0 Å². The molecule has 79 heavy (non-hydrogen) atoms. The van der Waals surface area contributed by atoms with Gasteiger partial charge in [-0.2, -0.15) is 0 Å². The summed E-state index contributed by atoms with van der Waals surface area (Å²) < 4.78 is 16.9. The second-order valence-electron chi connectivity index (χ2n) is 22.0. The van der Waals surface area contributed by atoms with Gasteiger partial charge < -0.3 is 14.2 Å². The smallest absolute Gasteiger partial charge is 0.306 e. The van der Waals surface area contributed by atoms with Crippen LogP contribution in [0.2, 0.25) is 0 Å². The van der Waals surface area contributed by atoms with Crippen LogP contribution in [-0.2, 0) is 28.6 Å². The van der Waals surface area contributed by atoms with Crippen molar-refractivity contribution in [1.82, 2.24) is 0 Å². The molecule has 0 N–H and O–H groups in total. The SMILES string of the molecule is CC/C=C\C/C=C\C/C=C\C/C=C\C/C=C\CCCCCC(=O)OC(COC(=O)CCCC/C=C\C/C=C\C/C=C\C/C=C\CC)COC(=O)CCCCCCCCCCCCCCCCCCCCCCCCCCCCC. The Morgan fingerprint density at radius 1 is 0.266 bits per heavy atom. The first kappa shape index (κ1) is 75.1. The summed E-state index contributed by atoms with van der Waals surface area (Å²) in [5.41, 5.74) is 0. The molecule has 6 heteroatoms. The van der Waals surface area contributed by atoms with Crippen LogP contribution >= 0.6 is 0 Å². The highest BCUT2D eigenvalue weighted by atomic mass is 16.6.